The number of hydrogen-bond acceptors (Lipinski definition) is 3. The SMILES string of the molecule is CCCCCCNc1ccc(Cl)cc1[N+](=O)[O-]. The lowest BCUT2D eigenvalue weighted by atomic mass is 10.2. The molecule has 0 unspecified atom stereocenters. The van der Waals surface area contributed by atoms with Gasteiger partial charge in [0.2, 0.25) is 0 Å². The van der Waals surface area contributed by atoms with Crippen molar-refractivity contribution in [2.45, 2.75) is 32.6 Å². The van der Waals surface area contributed by atoms with Crippen molar-refractivity contribution in [3.05, 3.63) is 33.3 Å². The Morgan fingerprint density at radius 1 is 1.35 bits per heavy atom. The molecular formula is C12H17ClN2O2. The van der Waals surface area contributed by atoms with Gasteiger partial charge in [0, 0.05) is 17.6 Å². The van der Waals surface area contributed by atoms with Gasteiger partial charge in [0.05, 0.1) is 4.92 Å². The van der Waals surface area contributed by atoms with Gasteiger partial charge in [0.15, 0.2) is 0 Å². The second-order valence-corrected chi connectivity index (χ2v) is 4.34. The molecule has 4 nitrogen and oxygen atoms in total. The topological polar surface area (TPSA) is 55.2 Å². The zero-order chi connectivity index (χ0) is 12.7. The molecule has 0 aliphatic heterocycles. The average molecular weight is 257 g/mol. The quantitative estimate of drug-likeness (QED) is 0.451. The minimum absolute atomic E-state index is 0.0352. The summed E-state index contributed by atoms with van der Waals surface area (Å²) in [4.78, 5) is 10.4. The number of nitrogens with one attached hydrogen (secondary N) is 1. The Morgan fingerprint density at radius 2 is 2.12 bits per heavy atom. The summed E-state index contributed by atoms with van der Waals surface area (Å²) in [5.41, 5.74) is 0.573. The van der Waals surface area contributed by atoms with Gasteiger partial charge >= 0.3 is 0 Å². The third-order valence-electron chi connectivity index (χ3n) is 2.50. The Hall–Kier alpha value is -1.29. The van der Waals surface area contributed by atoms with Gasteiger partial charge in [-0.3, -0.25) is 10.1 Å². The number of halogens is 1. The van der Waals surface area contributed by atoms with Crippen LogP contribution < -0.4 is 5.32 Å². The summed E-state index contributed by atoms with van der Waals surface area (Å²) in [6.45, 7) is 2.90. The number of rotatable bonds is 7. The van der Waals surface area contributed by atoms with Crippen LogP contribution in [-0.4, -0.2) is 11.5 Å². The molecule has 1 aromatic rings. The fourth-order valence-corrected chi connectivity index (χ4v) is 1.75. The first kappa shape index (κ1) is 13.8. The van der Waals surface area contributed by atoms with Crippen molar-refractivity contribution in [2.75, 3.05) is 11.9 Å². The molecule has 0 bridgehead atoms. The van der Waals surface area contributed by atoms with Gasteiger partial charge in [0.25, 0.3) is 5.69 Å². The lowest BCUT2D eigenvalue weighted by Gasteiger charge is -2.06. The smallest absolute Gasteiger partial charge is 0.293 e. The highest BCUT2D eigenvalue weighted by molar-refractivity contribution is 6.30. The molecule has 0 aromatic heterocycles. The fourth-order valence-electron chi connectivity index (χ4n) is 1.58. The zero-order valence-electron chi connectivity index (χ0n) is 9.91. The Balaban J connectivity index is 2.55. The fraction of sp³-hybridized carbons (Fsp3) is 0.500. The largest absolute Gasteiger partial charge is 0.379 e. The van der Waals surface area contributed by atoms with Crippen LogP contribution in [0.1, 0.15) is 32.6 Å². The Labute approximate surface area is 106 Å². The number of nitro benzene ring substituents is 1. The number of anilines is 1. The molecule has 1 rings (SSSR count). The third kappa shape index (κ3) is 4.61. The van der Waals surface area contributed by atoms with Gasteiger partial charge in [-0.05, 0) is 18.6 Å². The first-order valence-electron chi connectivity index (χ1n) is 5.83. The van der Waals surface area contributed by atoms with E-state index in [-0.39, 0.29) is 5.69 Å². The summed E-state index contributed by atoms with van der Waals surface area (Å²) in [5, 5.41) is 14.3. The van der Waals surface area contributed by atoms with E-state index in [9.17, 15) is 10.1 Å². The summed E-state index contributed by atoms with van der Waals surface area (Å²) >= 11 is 5.73. The van der Waals surface area contributed by atoms with Crippen molar-refractivity contribution in [1.29, 1.82) is 0 Å². The monoisotopic (exact) mass is 256 g/mol. The van der Waals surface area contributed by atoms with Crippen molar-refractivity contribution in [1.82, 2.24) is 0 Å². The van der Waals surface area contributed by atoms with Crippen molar-refractivity contribution in [3.8, 4) is 0 Å². The van der Waals surface area contributed by atoms with E-state index in [0.29, 0.717) is 10.7 Å². The van der Waals surface area contributed by atoms with E-state index in [1.807, 2.05) is 0 Å². The van der Waals surface area contributed by atoms with E-state index < -0.39 is 4.92 Å². The second kappa shape index (κ2) is 7.12. The first-order valence-corrected chi connectivity index (χ1v) is 6.20. The summed E-state index contributed by atoms with van der Waals surface area (Å²) in [6, 6.07) is 4.68. The van der Waals surface area contributed by atoms with E-state index in [1.165, 1.54) is 18.9 Å². The summed E-state index contributed by atoms with van der Waals surface area (Å²) < 4.78 is 0. The van der Waals surface area contributed by atoms with E-state index in [1.54, 1.807) is 12.1 Å². The predicted molar refractivity (Wildman–Crippen MR) is 70.7 cm³/mol. The van der Waals surface area contributed by atoms with Gasteiger partial charge in [-0.25, -0.2) is 0 Å². The van der Waals surface area contributed by atoms with Crippen LogP contribution in [0.2, 0.25) is 5.02 Å². The molecule has 0 spiro atoms. The van der Waals surface area contributed by atoms with Crippen LogP contribution in [0.5, 0.6) is 0 Å². The molecule has 0 fully saturated rings. The van der Waals surface area contributed by atoms with Crippen LogP contribution in [0.4, 0.5) is 11.4 Å². The highest BCUT2D eigenvalue weighted by Crippen LogP contribution is 2.27. The number of nitrogens with zero attached hydrogens (tertiary/aromatic N) is 1. The first-order chi connectivity index (χ1) is 8.15. The Kier molecular flexibility index (Phi) is 5.77. The maximum atomic E-state index is 10.8. The molecule has 0 radical (unpaired) electrons. The van der Waals surface area contributed by atoms with Crippen LogP contribution in [0, 0.1) is 10.1 Å². The van der Waals surface area contributed by atoms with Gasteiger partial charge < -0.3 is 5.32 Å². The van der Waals surface area contributed by atoms with E-state index in [4.69, 9.17) is 11.6 Å². The van der Waals surface area contributed by atoms with Crippen molar-refractivity contribution < 1.29 is 4.92 Å². The van der Waals surface area contributed by atoms with Gasteiger partial charge in [-0.1, -0.05) is 37.8 Å². The third-order valence-corrected chi connectivity index (χ3v) is 2.74. The molecule has 0 saturated carbocycles. The number of hydrogen-bond donors (Lipinski definition) is 1. The van der Waals surface area contributed by atoms with E-state index >= 15 is 0 Å². The Bertz CT molecular complexity index is 383. The standard InChI is InChI=1S/C12H17ClN2O2/c1-2-3-4-5-8-14-11-7-6-10(13)9-12(11)15(16)17/h6-7,9,14H,2-5,8H2,1H3. The van der Waals surface area contributed by atoms with Crippen molar-refractivity contribution in [3.63, 3.8) is 0 Å². The molecule has 1 aromatic carbocycles. The van der Waals surface area contributed by atoms with Gasteiger partial charge in [-0.15, -0.1) is 0 Å². The number of benzene rings is 1. The molecule has 0 atom stereocenters. The molecular weight excluding hydrogens is 240 g/mol. The lowest BCUT2D eigenvalue weighted by Crippen LogP contribution is -2.04. The number of nitro groups is 1. The number of unbranched alkanes of at least 4 members (excludes halogenated alkanes) is 3. The van der Waals surface area contributed by atoms with Gasteiger partial charge in [-0.2, -0.15) is 0 Å². The molecule has 1 N–H and O–H groups in total. The molecule has 0 aliphatic carbocycles. The van der Waals surface area contributed by atoms with Crippen LogP contribution in [0.25, 0.3) is 0 Å². The van der Waals surface area contributed by atoms with Crippen molar-refractivity contribution in [2.24, 2.45) is 0 Å². The highest BCUT2D eigenvalue weighted by atomic mass is 35.5. The molecule has 0 amide bonds. The Morgan fingerprint density at radius 3 is 2.76 bits per heavy atom. The average Bonchev–Trinajstić information content (AvgIpc) is 2.30. The van der Waals surface area contributed by atoms with E-state index in [2.05, 4.69) is 12.2 Å². The molecule has 0 aliphatic rings. The van der Waals surface area contributed by atoms with E-state index in [0.717, 1.165) is 19.4 Å². The molecule has 94 valence electrons. The second-order valence-electron chi connectivity index (χ2n) is 3.91. The predicted octanol–water partition coefficient (Wildman–Crippen LogP) is 4.24. The van der Waals surface area contributed by atoms with Crippen LogP contribution >= 0.6 is 11.6 Å². The van der Waals surface area contributed by atoms with Crippen LogP contribution in [0.3, 0.4) is 0 Å². The lowest BCUT2D eigenvalue weighted by molar-refractivity contribution is -0.383. The van der Waals surface area contributed by atoms with Crippen molar-refractivity contribution >= 4 is 23.0 Å². The maximum Gasteiger partial charge on any atom is 0.293 e. The summed E-state index contributed by atoms with van der Waals surface area (Å²) in [6.07, 6.45) is 4.55. The van der Waals surface area contributed by atoms with Crippen LogP contribution in [0.15, 0.2) is 18.2 Å². The maximum absolute atomic E-state index is 10.8. The van der Waals surface area contributed by atoms with Gasteiger partial charge in [0.1, 0.15) is 5.69 Å². The minimum atomic E-state index is -0.416. The highest BCUT2D eigenvalue weighted by Gasteiger charge is 2.13. The molecule has 5 heteroatoms. The molecule has 17 heavy (non-hydrogen) atoms. The summed E-state index contributed by atoms with van der Waals surface area (Å²) in [5.74, 6) is 0. The zero-order valence-corrected chi connectivity index (χ0v) is 10.7. The van der Waals surface area contributed by atoms with Crippen LogP contribution in [-0.2, 0) is 0 Å². The molecule has 0 saturated heterocycles. The minimum Gasteiger partial charge on any atom is -0.379 e. The normalized spacial score (nSPS) is 10.2. The summed E-state index contributed by atoms with van der Waals surface area (Å²) in [7, 11) is 0. The molecule has 0 heterocycles.